The van der Waals surface area contributed by atoms with E-state index in [2.05, 4.69) is 30.6 Å². The Morgan fingerprint density at radius 3 is 2.57 bits per heavy atom. The molecular weight excluding hydrogens is 388 g/mol. The summed E-state index contributed by atoms with van der Waals surface area (Å²) in [4.78, 5) is 14.8. The fourth-order valence-corrected chi connectivity index (χ4v) is 3.06. The molecule has 0 amide bonds. The van der Waals surface area contributed by atoms with Crippen molar-refractivity contribution in [1.82, 2.24) is 19.9 Å². The molecule has 4 aromatic rings. The molecule has 0 spiro atoms. The van der Waals surface area contributed by atoms with Gasteiger partial charge in [0.25, 0.3) is 0 Å². The highest BCUT2D eigenvalue weighted by Gasteiger charge is 2.15. The van der Waals surface area contributed by atoms with Crippen molar-refractivity contribution in [3.05, 3.63) is 59.0 Å². The van der Waals surface area contributed by atoms with E-state index < -0.39 is 11.6 Å². The number of halogens is 3. The molecule has 28 heavy (non-hydrogen) atoms. The Morgan fingerprint density at radius 2 is 1.86 bits per heavy atom. The number of nitrogens with two attached hydrogens (primary N) is 1. The van der Waals surface area contributed by atoms with E-state index in [1.54, 1.807) is 18.5 Å². The van der Waals surface area contributed by atoms with Crippen LogP contribution in [0.4, 0.5) is 37.6 Å². The van der Waals surface area contributed by atoms with Crippen molar-refractivity contribution in [1.29, 1.82) is 0 Å². The molecule has 0 saturated heterocycles. The number of fused-ring (bicyclic) bond motifs is 1. The van der Waals surface area contributed by atoms with E-state index in [1.165, 1.54) is 6.07 Å². The van der Waals surface area contributed by atoms with E-state index in [0.717, 1.165) is 23.1 Å². The van der Waals surface area contributed by atoms with E-state index in [9.17, 15) is 8.78 Å². The second kappa shape index (κ2) is 6.93. The number of rotatable bonds is 4. The lowest BCUT2D eigenvalue weighted by molar-refractivity contribution is 0.592. The summed E-state index contributed by atoms with van der Waals surface area (Å²) >= 11 is 5.81. The standard InChI is InChI=1S/C18H14ClF2N7/c1-8-7-24-17-15(8)12(2-3-23-17)26-16-10(20)4-9(5-11(16)21)25-14-6-13(19)27-18(22)28-14/h2-7H,1H3,(H2,23,24,26)(H3,22,25,27,28). The van der Waals surface area contributed by atoms with Gasteiger partial charge in [-0.1, -0.05) is 11.6 Å². The number of benzene rings is 1. The monoisotopic (exact) mass is 401 g/mol. The minimum atomic E-state index is -0.784. The smallest absolute Gasteiger partial charge is 0.223 e. The molecule has 4 rings (SSSR count). The molecule has 0 unspecified atom stereocenters. The predicted molar refractivity (Wildman–Crippen MR) is 105 cm³/mol. The molecule has 10 heteroatoms. The molecule has 0 aliphatic carbocycles. The summed E-state index contributed by atoms with van der Waals surface area (Å²) in [7, 11) is 0. The maximum atomic E-state index is 14.6. The molecule has 7 nitrogen and oxygen atoms in total. The molecule has 0 atom stereocenters. The van der Waals surface area contributed by atoms with Crippen molar-refractivity contribution in [3.8, 4) is 0 Å². The number of H-pyrrole nitrogens is 1. The second-order valence-electron chi connectivity index (χ2n) is 6.05. The summed E-state index contributed by atoms with van der Waals surface area (Å²) in [6, 6.07) is 5.32. The Morgan fingerprint density at radius 1 is 1.11 bits per heavy atom. The summed E-state index contributed by atoms with van der Waals surface area (Å²) in [5, 5.41) is 6.44. The van der Waals surface area contributed by atoms with E-state index in [-0.39, 0.29) is 28.3 Å². The first kappa shape index (κ1) is 17.9. The fourth-order valence-electron chi connectivity index (χ4n) is 2.87. The van der Waals surface area contributed by atoms with E-state index >= 15 is 0 Å². The van der Waals surface area contributed by atoms with Crippen LogP contribution in [0.1, 0.15) is 5.56 Å². The van der Waals surface area contributed by atoms with Crippen LogP contribution >= 0.6 is 11.6 Å². The van der Waals surface area contributed by atoms with Gasteiger partial charge in [0.15, 0.2) is 11.6 Å². The van der Waals surface area contributed by atoms with Gasteiger partial charge in [0.05, 0.1) is 5.69 Å². The molecule has 3 heterocycles. The zero-order chi connectivity index (χ0) is 19.8. The number of aromatic nitrogens is 4. The maximum absolute atomic E-state index is 14.6. The lowest BCUT2D eigenvalue weighted by atomic mass is 10.2. The molecular formula is C18H14ClF2N7. The lowest BCUT2D eigenvalue weighted by Crippen LogP contribution is -2.03. The van der Waals surface area contributed by atoms with Gasteiger partial charge in [-0.15, -0.1) is 0 Å². The Kier molecular flexibility index (Phi) is 4.44. The quantitative estimate of drug-likeness (QED) is 0.371. The van der Waals surface area contributed by atoms with Gasteiger partial charge in [-0.3, -0.25) is 0 Å². The first-order valence-corrected chi connectivity index (χ1v) is 8.54. The van der Waals surface area contributed by atoms with E-state index in [4.69, 9.17) is 17.3 Å². The molecule has 0 bridgehead atoms. The highest BCUT2D eigenvalue weighted by atomic mass is 35.5. The number of nitrogen functional groups attached to an aromatic ring is 1. The van der Waals surface area contributed by atoms with Crippen molar-refractivity contribution in [2.75, 3.05) is 16.4 Å². The average Bonchev–Trinajstić information content (AvgIpc) is 2.99. The van der Waals surface area contributed by atoms with Crippen LogP contribution in [0.2, 0.25) is 5.15 Å². The maximum Gasteiger partial charge on any atom is 0.223 e. The molecule has 1 aromatic carbocycles. The number of nitrogens with zero attached hydrogens (tertiary/aromatic N) is 3. The van der Waals surface area contributed by atoms with Crippen LogP contribution in [0, 0.1) is 18.6 Å². The number of hydrogen-bond acceptors (Lipinski definition) is 6. The Bertz CT molecular complexity index is 1150. The predicted octanol–water partition coefficient (Wildman–Crippen LogP) is 4.66. The van der Waals surface area contributed by atoms with Gasteiger partial charge in [0, 0.05) is 29.5 Å². The zero-order valence-corrected chi connectivity index (χ0v) is 15.3. The van der Waals surface area contributed by atoms with Gasteiger partial charge < -0.3 is 21.4 Å². The van der Waals surface area contributed by atoms with Crippen LogP contribution in [-0.4, -0.2) is 19.9 Å². The van der Waals surface area contributed by atoms with Gasteiger partial charge >= 0.3 is 0 Å². The Hall–Kier alpha value is -3.46. The van der Waals surface area contributed by atoms with Crippen LogP contribution in [0.3, 0.4) is 0 Å². The fraction of sp³-hybridized carbons (Fsp3) is 0.0556. The first-order chi connectivity index (χ1) is 13.4. The van der Waals surface area contributed by atoms with Gasteiger partial charge in [-0.05, 0) is 30.7 Å². The topological polar surface area (TPSA) is 105 Å². The third-order valence-electron chi connectivity index (χ3n) is 4.06. The molecule has 0 aliphatic heterocycles. The van der Waals surface area contributed by atoms with Crippen molar-refractivity contribution in [2.24, 2.45) is 0 Å². The third kappa shape index (κ3) is 3.39. The lowest BCUT2D eigenvalue weighted by Gasteiger charge is -2.13. The van der Waals surface area contributed by atoms with Gasteiger partial charge in [0.2, 0.25) is 5.95 Å². The summed E-state index contributed by atoms with van der Waals surface area (Å²) < 4.78 is 29.3. The van der Waals surface area contributed by atoms with E-state index in [0.29, 0.717) is 11.3 Å². The molecule has 142 valence electrons. The molecule has 5 N–H and O–H groups in total. The third-order valence-corrected chi connectivity index (χ3v) is 4.25. The number of anilines is 5. The van der Waals surface area contributed by atoms with E-state index in [1.807, 2.05) is 6.92 Å². The largest absolute Gasteiger partial charge is 0.368 e. The van der Waals surface area contributed by atoms with Crippen molar-refractivity contribution < 1.29 is 8.78 Å². The summed E-state index contributed by atoms with van der Waals surface area (Å²) in [5.74, 6) is -1.41. The van der Waals surface area contributed by atoms with Crippen molar-refractivity contribution >= 4 is 51.5 Å². The number of aryl methyl sites for hydroxylation is 1. The minimum Gasteiger partial charge on any atom is -0.368 e. The SMILES string of the molecule is Cc1c[nH]c2nccc(Nc3c(F)cc(Nc4cc(Cl)nc(N)n4)cc3F)c12. The zero-order valence-electron chi connectivity index (χ0n) is 14.5. The number of pyridine rings is 1. The molecule has 0 saturated carbocycles. The summed E-state index contributed by atoms with van der Waals surface area (Å²) in [6.45, 7) is 1.88. The number of nitrogens with one attached hydrogen (secondary N) is 3. The highest BCUT2D eigenvalue weighted by Crippen LogP contribution is 2.32. The van der Waals surface area contributed by atoms with Crippen LogP contribution < -0.4 is 16.4 Å². The average molecular weight is 402 g/mol. The normalized spacial score (nSPS) is 11.0. The molecule has 0 aliphatic rings. The first-order valence-electron chi connectivity index (χ1n) is 8.16. The Balaban J connectivity index is 1.67. The molecule has 3 aromatic heterocycles. The molecule has 0 radical (unpaired) electrons. The van der Waals surface area contributed by atoms with Crippen LogP contribution in [-0.2, 0) is 0 Å². The van der Waals surface area contributed by atoms with Crippen molar-refractivity contribution in [2.45, 2.75) is 6.92 Å². The van der Waals surface area contributed by atoms with Gasteiger partial charge in [0.1, 0.15) is 22.3 Å². The minimum absolute atomic E-state index is 0.0576. The molecule has 0 fully saturated rings. The summed E-state index contributed by atoms with van der Waals surface area (Å²) in [6.07, 6.45) is 3.33. The van der Waals surface area contributed by atoms with Crippen LogP contribution in [0.15, 0.2) is 36.7 Å². The van der Waals surface area contributed by atoms with Crippen LogP contribution in [0.25, 0.3) is 11.0 Å². The van der Waals surface area contributed by atoms with Gasteiger partial charge in [-0.25, -0.2) is 18.7 Å². The second-order valence-corrected chi connectivity index (χ2v) is 6.44. The van der Waals surface area contributed by atoms with Crippen molar-refractivity contribution in [3.63, 3.8) is 0 Å². The van der Waals surface area contributed by atoms with Gasteiger partial charge in [-0.2, -0.15) is 4.98 Å². The number of hydrogen-bond donors (Lipinski definition) is 4. The highest BCUT2D eigenvalue weighted by molar-refractivity contribution is 6.29. The Labute approximate surface area is 163 Å². The number of aromatic amines is 1. The summed E-state index contributed by atoms with van der Waals surface area (Å²) in [5.41, 5.74) is 7.46. The van der Waals surface area contributed by atoms with Crippen LogP contribution in [0.5, 0.6) is 0 Å².